The lowest BCUT2D eigenvalue weighted by molar-refractivity contribution is -0.125. The van der Waals surface area contributed by atoms with Crippen molar-refractivity contribution in [2.75, 3.05) is 6.54 Å². The molecule has 1 aliphatic heterocycles. The highest BCUT2D eigenvalue weighted by Gasteiger charge is 2.27. The van der Waals surface area contributed by atoms with E-state index in [-0.39, 0.29) is 42.0 Å². The highest BCUT2D eigenvalue weighted by Crippen LogP contribution is 2.21. The molecule has 1 fully saturated rings. The molecule has 3 rings (SSSR count). The van der Waals surface area contributed by atoms with Crippen molar-refractivity contribution in [3.05, 3.63) is 47.3 Å². The van der Waals surface area contributed by atoms with Crippen LogP contribution in [0.25, 0.3) is 0 Å². The monoisotopic (exact) mass is 405 g/mol. The number of nitrogens with one attached hydrogen (secondary N) is 3. The van der Waals surface area contributed by atoms with Crippen molar-refractivity contribution >= 4 is 23.6 Å². The Morgan fingerprint density at radius 1 is 1.29 bits per heavy atom. The van der Waals surface area contributed by atoms with Crippen LogP contribution in [-0.4, -0.2) is 29.9 Å². The Kier molecular flexibility index (Phi) is 7.91. The number of hydrogen-bond acceptors (Lipinski definition) is 4. The van der Waals surface area contributed by atoms with Gasteiger partial charge in [0.05, 0.1) is 0 Å². The first-order chi connectivity index (χ1) is 13.6. The number of benzene rings is 1. The molecule has 2 unspecified atom stereocenters. The first-order valence-corrected chi connectivity index (χ1v) is 11.0. The summed E-state index contributed by atoms with van der Waals surface area (Å²) in [6.45, 7) is 0.648. The van der Waals surface area contributed by atoms with Crippen LogP contribution in [0, 0.1) is 5.82 Å². The second-order valence-electron chi connectivity index (χ2n) is 7.33. The van der Waals surface area contributed by atoms with E-state index in [1.165, 1.54) is 36.2 Å². The second-order valence-corrected chi connectivity index (χ2v) is 8.42. The average Bonchev–Trinajstić information content (AvgIpc) is 2.68. The maximum atomic E-state index is 13.7. The van der Waals surface area contributed by atoms with Crippen LogP contribution in [0.2, 0.25) is 0 Å². The van der Waals surface area contributed by atoms with Crippen molar-refractivity contribution in [1.82, 2.24) is 16.0 Å². The topological polar surface area (TPSA) is 70.2 Å². The third-order valence-electron chi connectivity index (χ3n) is 5.06. The molecule has 5 nitrogen and oxygen atoms in total. The quantitative estimate of drug-likeness (QED) is 0.581. The summed E-state index contributed by atoms with van der Waals surface area (Å²) < 4.78 is 13.7. The fourth-order valence-corrected chi connectivity index (χ4v) is 4.63. The number of rotatable bonds is 8. The Labute approximate surface area is 169 Å². The number of hydrogen-bond donors (Lipinski definition) is 3. The van der Waals surface area contributed by atoms with E-state index < -0.39 is 0 Å². The Bertz CT molecular complexity index is 725. The Hall–Kier alpha value is -1.86. The van der Waals surface area contributed by atoms with E-state index in [2.05, 4.69) is 22.0 Å². The van der Waals surface area contributed by atoms with E-state index in [9.17, 15) is 14.0 Å². The molecule has 0 saturated carbocycles. The molecule has 0 bridgehead atoms. The van der Waals surface area contributed by atoms with Crippen LogP contribution in [0.4, 0.5) is 4.39 Å². The van der Waals surface area contributed by atoms with Gasteiger partial charge in [-0.1, -0.05) is 29.8 Å². The van der Waals surface area contributed by atoms with Crippen molar-refractivity contribution in [3.8, 4) is 0 Å². The fraction of sp³-hybridized carbons (Fsp3) is 0.524. The third kappa shape index (κ3) is 6.63. The Morgan fingerprint density at radius 2 is 2.14 bits per heavy atom. The molecule has 2 atom stereocenters. The van der Waals surface area contributed by atoms with Gasteiger partial charge in [-0.2, -0.15) is 0 Å². The molecule has 2 aliphatic rings. The van der Waals surface area contributed by atoms with E-state index in [1.54, 1.807) is 18.2 Å². The predicted molar refractivity (Wildman–Crippen MR) is 110 cm³/mol. The number of halogens is 1. The van der Waals surface area contributed by atoms with Crippen LogP contribution in [0.1, 0.15) is 50.5 Å². The van der Waals surface area contributed by atoms with E-state index in [0.717, 1.165) is 19.3 Å². The molecular weight excluding hydrogens is 377 g/mol. The van der Waals surface area contributed by atoms with Crippen molar-refractivity contribution in [3.63, 3.8) is 0 Å². The number of allylic oxidation sites excluding steroid dienone is 1. The summed E-state index contributed by atoms with van der Waals surface area (Å²) in [4.78, 5) is 24.2. The van der Waals surface area contributed by atoms with E-state index in [4.69, 9.17) is 0 Å². The molecule has 7 heteroatoms. The molecule has 3 N–H and O–H groups in total. The second kappa shape index (κ2) is 10.6. The molecule has 1 aliphatic carbocycles. The minimum absolute atomic E-state index is 0.0403. The standard InChI is InChI=1S/C21H28FN3O2S/c22-18-9-5-4-8-16(18)14-28-21-24-17(13-20(27)25-21)12-19(26)23-11-10-15-6-2-1-3-7-15/h4-6,8-9,17,21,24H,1-3,7,10-14H2,(H,23,26)(H,25,27). The number of carbonyl (C=O) groups is 2. The van der Waals surface area contributed by atoms with Gasteiger partial charge in [-0.05, 0) is 43.7 Å². The lowest BCUT2D eigenvalue weighted by Gasteiger charge is -2.31. The van der Waals surface area contributed by atoms with Crippen LogP contribution < -0.4 is 16.0 Å². The lowest BCUT2D eigenvalue weighted by atomic mass is 9.97. The summed E-state index contributed by atoms with van der Waals surface area (Å²) in [5, 5.41) is 9.09. The normalized spacial score (nSPS) is 22.3. The zero-order chi connectivity index (χ0) is 19.8. The first-order valence-electron chi connectivity index (χ1n) is 9.95. The zero-order valence-electron chi connectivity index (χ0n) is 16.0. The van der Waals surface area contributed by atoms with Gasteiger partial charge in [-0.25, -0.2) is 4.39 Å². The van der Waals surface area contributed by atoms with Crippen molar-refractivity contribution in [2.45, 2.75) is 62.2 Å². The smallest absolute Gasteiger partial charge is 0.223 e. The van der Waals surface area contributed by atoms with Gasteiger partial charge in [-0.15, -0.1) is 11.8 Å². The van der Waals surface area contributed by atoms with Gasteiger partial charge in [0.2, 0.25) is 11.8 Å². The van der Waals surface area contributed by atoms with E-state index in [1.807, 2.05) is 0 Å². The summed E-state index contributed by atoms with van der Waals surface area (Å²) in [7, 11) is 0. The van der Waals surface area contributed by atoms with Crippen molar-refractivity contribution in [1.29, 1.82) is 0 Å². The maximum absolute atomic E-state index is 13.7. The van der Waals surface area contributed by atoms with Crippen molar-refractivity contribution in [2.24, 2.45) is 0 Å². The molecule has 1 aromatic rings. The molecule has 152 valence electrons. The summed E-state index contributed by atoms with van der Waals surface area (Å²) in [5.41, 5.74) is 1.71. The van der Waals surface area contributed by atoms with Gasteiger partial charge in [0, 0.05) is 31.2 Å². The van der Waals surface area contributed by atoms with E-state index in [0.29, 0.717) is 17.9 Å². The number of amides is 2. The predicted octanol–water partition coefficient (Wildman–Crippen LogP) is 3.22. The first kappa shape index (κ1) is 20.9. The van der Waals surface area contributed by atoms with Crippen LogP contribution in [0.15, 0.2) is 35.9 Å². The minimum atomic E-state index is -0.328. The van der Waals surface area contributed by atoms with Crippen molar-refractivity contribution < 1.29 is 14.0 Å². The van der Waals surface area contributed by atoms with Gasteiger partial charge in [0.1, 0.15) is 11.3 Å². The molecular formula is C21H28FN3O2S. The SMILES string of the molecule is O=C(CC1CC(=O)NC(SCc2ccccc2F)N1)NCCC1=CCCCC1. The molecule has 28 heavy (non-hydrogen) atoms. The minimum Gasteiger partial charge on any atom is -0.356 e. The summed E-state index contributed by atoms with van der Waals surface area (Å²) >= 11 is 1.41. The molecule has 1 aromatic carbocycles. The molecule has 0 radical (unpaired) electrons. The number of thioether (sulfide) groups is 1. The molecule has 1 heterocycles. The lowest BCUT2D eigenvalue weighted by Crippen LogP contribution is -2.55. The number of carbonyl (C=O) groups excluding carboxylic acids is 2. The maximum Gasteiger partial charge on any atom is 0.223 e. The van der Waals surface area contributed by atoms with E-state index >= 15 is 0 Å². The van der Waals surface area contributed by atoms with Gasteiger partial charge >= 0.3 is 0 Å². The summed E-state index contributed by atoms with van der Waals surface area (Å²) in [5.74, 6) is 0.0658. The zero-order valence-corrected chi connectivity index (χ0v) is 16.8. The summed E-state index contributed by atoms with van der Waals surface area (Å²) in [6, 6.07) is 6.41. The van der Waals surface area contributed by atoms with Gasteiger partial charge in [-0.3, -0.25) is 14.9 Å². The highest BCUT2D eigenvalue weighted by atomic mass is 32.2. The fourth-order valence-electron chi connectivity index (χ4n) is 3.54. The van der Waals surface area contributed by atoms with Crippen LogP contribution in [0.5, 0.6) is 0 Å². The largest absolute Gasteiger partial charge is 0.356 e. The molecule has 1 saturated heterocycles. The van der Waals surface area contributed by atoms with Gasteiger partial charge < -0.3 is 10.6 Å². The third-order valence-corrected chi connectivity index (χ3v) is 6.12. The summed E-state index contributed by atoms with van der Waals surface area (Å²) in [6.07, 6.45) is 8.54. The Morgan fingerprint density at radius 3 is 2.93 bits per heavy atom. The van der Waals surface area contributed by atoms with Crippen LogP contribution in [-0.2, 0) is 15.3 Å². The highest BCUT2D eigenvalue weighted by molar-refractivity contribution is 7.99. The molecule has 0 aromatic heterocycles. The molecule has 2 amide bonds. The Balaban J connectivity index is 1.40. The van der Waals surface area contributed by atoms with Gasteiger partial charge in [0.15, 0.2) is 0 Å². The van der Waals surface area contributed by atoms with Crippen LogP contribution in [0.3, 0.4) is 0 Å². The average molecular weight is 406 g/mol. The molecule has 0 spiro atoms. The van der Waals surface area contributed by atoms with Crippen LogP contribution >= 0.6 is 11.8 Å². The van der Waals surface area contributed by atoms with Gasteiger partial charge in [0.25, 0.3) is 0 Å².